The first-order valence-electron chi connectivity index (χ1n) is 3.64. The Balaban J connectivity index is 2.52. The molecule has 3 heteroatoms. The highest BCUT2D eigenvalue weighted by atomic mass is 19.3. The molecule has 0 fully saturated rings. The summed E-state index contributed by atoms with van der Waals surface area (Å²) in [4.78, 5) is 0. The summed E-state index contributed by atoms with van der Waals surface area (Å²) in [7, 11) is 0. The Kier molecular flexibility index (Phi) is 3.17. The molecule has 12 heavy (non-hydrogen) atoms. The Hall–Kier alpha value is -0.960. The van der Waals surface area contributed by atoms with Crippen molar-refractivity contribution in [2.75, 3.05) is 0 Å². The van der Waals surface area contributed by atoms with E-state index in [1.165, 1.54) is 0 Å². The standard InChI is InChI=1S/C9H10F2O/c1-7-3-2-4-8(5-7)6-12-9(10)11/h2-5,9H,6H2,1H3. The molecule has 0 saturated carbocycles. The summed E-state index contributed by atoms with van der Waals surface area (Å²) in [6.45, 7) is -0.809. The van der Waals surface area contributed by atoms with Crippen LogP contribution in [0.2, 0.25) is 0 Å². The van der Waals surface area contributed by atoms with Crippen molar-refractivity contribution in [2.24, 2.45) is 0 Å². The van der Waals surface area contributed by atoms with Crippen molar-refractivity contribution >= 4 is 0 Å². The first kappa shape index (κ1) is 9.13. The summed E-state index contributed by atoms with van der Waals surface area (Å²) in [5.74, 6) is 0. The van der Waals surface area contributed by atoms with Gasteiger partial charge in [-0.05, 0) is 12.5 Å². The van der Waals surface area contributed by atoms with Crippen molar-refractivity contribution in [1.82, 2.24) is 0 Å². The molecule has 0 bridgehead atoms. The van der Waals surface area contributed by atoms with E-state index in [4.69, 9.17) is 0 Å². The number of ether oxygens (including phenoxy) is 1. The van der Waals surface area contributed by atoms with Crippen LogP contribution >= 0.6 is 0 Å². The van der Waals surface area contributed by atoms with E-state index in [1.54, 1.807) is 6.07 Å². The number of alkyl halides is 2. The third-order valence-electron chi connectivity index (χ3n) is 1.46. The van der Waals surface area contributed by atoms with Gasteiger partial charge in [-0.1, -0.05) is 29.8 Å². The van der Waals surface area contributed by atoms with Gasteiger partial charge in [0.15, 0.2) is 0 Å². The fourth-order valence-electron chi connectivity index (χ4n) is 0.961. The number of rotatable bonds is 3. The molecule has 0 amide bonds. The highest BCUT2D eigenvalue weighted by Crippen LogP contribution is 2.07. The molecule has 66 valence electrons. The van der Waals surface area contributed by atoms with E-state index in [-0.39, 0.29) is 6.61 Å². The van der Waals surface area contributed by atoms with E-state index in [1.807, 2.05) is 25.1 Å². The van der Waals surface area contributed by atoms with Crippen LogP contribution in [0.1, 0.15) is 11.1 Å². The molecule has 0 aliphatic heterocycles. The summed E-state index contributed by atoms with van der Waals surface area (Å²) in [5, 5.41) is 0. The topological polar surface area (TPSA) is 9.23 Å². The van der Waals surface area contributed by atoms with Crippen LogP contribution in [-0.4, -0.2) is 6.61 Å². The zero-order chi connectivity index (χ0) is 8.97. The fourth-order valence-corrected chi connectivity index (χ4v) is 0.961. The smallest absolute Gasteiger partial charge is 0.318 e. The number of aryl methyl sites for hydroxylation is 1. The van der Waals surface area contributed by atoms with Crippen LogP contribution in [0.15, 0.2) is 24.3 Å². The maximum Gasteiger partial charge on any atom is 0.345 e. The lowest BCUT2D eigenvalue weighted by atomic mass is 10.1. The van der Waals surface area contributed by atoms with Crippen molar-refractivity contribution in [1.29, 1.82) is 0 Å². The zero-order valence-corrected chi connectivity index (χ0v) is 6.76. The Labute approximate surface area is 70.0 Å². The van der Waals surface area contributed by atoms with Gasteiger partial charge < -0.3 is 4.74 Å². The van der Waals surface area contributed by atoms with Gasteiger partial charge in [0.2, 0.25) is 0 Å². The van der Waals surface area contributed by atoms with Gasteiger partial charge in [-0.15, -0.1) is 0 Å². The second-order valence-electron chi connectivity index (χ2n) is 2.56. The highest BCUT2D eigenvalue weighted by molar-refractivity contribution is 5.21. The number of hydrogen-bond donors (Lipinski definition) is 0. The molecule has 1 rings (SSSR count). The van der Waals surface area contributed by atoms with Crippen LogP contribution in [0, 0.1) is 6.92 Å². The molecule has 1 aromatic rings. The normalized spacial score (nSPS) is 10.7. The first-order chi connectivity index (χ1) is 5.68. The predicted octanol–water partition coefficient (Wildman–Crippen LogP) is 2.73. The molecular formula is C9H10F2O. The summed E-state index contributed by atoms with van der Waals surface area (Å²) < 4.78 is 27.3. The van der Waals surface area contributed by atoms with Crippen LogP contribution in [0.5, 0.6) is 0 Å². The van der Waals surface area contributed by atoms with Gasteiger partial charge in [0.05, 0.1) is 6.61 Å². The van der Waals surface area contributed by atoms with Crippen molar-refractivity contribution in [3.63, 3.8) is 0 Å². The van der Waals surface area contributed by atoms with Crippen LogP contribution < -0.4 is 0 Å². The molecular weight excluding hydrogens is 162 g/mol. The third kappa shape index (κ3) is 2.96. The van der Waals surface area contributed by atoms with Gasteiger partial charge in [0.1, 0.15) is 0 Å². The van der Waals surface area contributed by atoms with E-state index < -0.39 is 6.61 Å². The number of benzene rings is 1. The average molecular weight is 172 g/mol. The lowest BCUT2D eigenvalue weighted by Gasteiger charge is -2.02. The monoisotopic (exact) mass is 172 g/mol. The van der Waals surface area contributed by atoms with E-state index in [0.29, 0.717) is 0 Å². The van der Waals surface area contributed by atoms with Crippen molar-refractivity contribution in [2.45, 2.75) is 20.1 Å². The van der Waals surface area contributed by atoms with Crippen LogP contribution in [0.25, 0.3) is 0 Å². The zero-order valence-electron chi connectivity index (χ0n) is 6.76. The molecule has 0 aromatic heterocycles. The maximum atomic E-state index is 11.6. The van der Waals surface area contributed by atoms with E-state index in [9.17, 15) is 8.78 Å². The minimum Gasteiger partial charge on any atom is -0.318 e. The van der Waals surface area contributed by atoms with Crippen molar-refractivity contribution in [3.05, 3.63) is 35.4 Å². The third-order valence-corrected chi connectivity index (χ3v) is 1.46. The van der Waals surface area contributed by atoms with Gasteiger partial charge in [-0.3, -0.25) is 0 Å². The second kappa shape index (κ2) is 4.16. The van der Waals surface area contributed by atoms with Crippen molar-refractivity contribution < 1.29 is 13.5 Å². The first-order valence-corrected chi connectivity index (χ1v) is 3.64. The Bertz CT molecular complexity index is 248. The molecule has 0 heterocycles. The lowest BCUT2D eigenvalue weighted by molar-refractivity contribution is -0.137. The molecule has 0 atom stereocenters. The molecule has 0 radical (unpaired) electrons. The lowest BCUT2D eigenvalue weighted by Crippen LogP contribution is -1.98. The summed E-state index contributed by atoms with van der Waals surface area (Å²) in [5.41, 5.74) is 1.82. The molecule has 0 spiro atoms. The Morgan fingerprint density at radius 2 is 2.17 bits per heavy atom. The predicted molar refractivity (Wildman–Crippen MR) is 42.0 cm³/mol. The van der Waals surface area contributed by atoms with Crippen LogP contribution in [-0.2, 0) is 11.3 Å². The highest BCUT2D eigenvalue weighted by Gasteiger charge is 2.01. The second-order valence-corrected chi connectivity index (χ2v) is 2.56. The summed E-state index contributed by atoms with van der Waals surface area (Å²) in [6.07, 6.45) is 0. The van der Waals surface area contributed by atoms with E-state index >= 15 is 0 Å². The number of hydrogen-bond acceptors (Lipinski definition) is 1. The molecule has 1 aromatic carbocycles. The summed E-state index contributed by atoms with van der Waals surface area (Å²) >= 11 is 0. The quantitative estimate of drug-likeness (QED) is 0.681. The minimum absolute atomic E-state index is 0.0284. The molecule has 0 N–H and O–H groups in total. The van der Waals surface area contributed by atoms with Gasteiger partial charge in [-0.25, -0.2) is 0 Å². The minimum atomic E-state index is -2.69. The SMILES string of the molecule is Cc1cccc(COC(F)F)c1. The molecule has 0 unspecified atom stereocenters. The van der Waals surface area contributed by atoms with E-state index in [2.05, 4.69) is 4.74 Å². The van der Waals surface area contributed by atoms with Crippen LogP contribution in [0.4, 0.5) is 8.78 Å². The number of halogens is 2. The van der Waals surface area contributed by atoms with Gasteiger partial charge >= 0.3 is 6.61 Å². The fraction of sp³-hybridized carbons (Fsp3) is 0.333. The van der Waals surface area contributed by atoms with Crippen molar-refractivity contribution in [3.8, 4) is 0 Å². The largest absolute Gasteiger partial charge is 0.345 e. The van der Waals surface area contributed by atoms with Gasteiger partial charge in [-0.2, -0.15) is 8.78 Å². The van der Waals surface area contributed by atoms with E-state index in [0.717, 1.165) is 11.1 Å². The molecule has 0 aliphatic carbocycles. The molecule has 1 nitrogen and oxygen atoms in total. The molecule has 0 saturated heterocycles. The van der Waals surface area contributed by atoms with Gasteiger partial charge in [0.25, 0.3) is 0 Å². The Morgan fingerprint density at radius 1 is 1.42 bits per heavy atom. The Morgan fingerprint density at radius 3 is 2.75 bits per heavy atom. The molecule has 0 aliphatic rings. The van der Waals surface area contributed by atoms with Crippen LogP contribution in [0.3, 0.4) is 0 Å². The summed E-state index contributed by atoms with van der Waals surface area (Å²) in [6, 6.07) is 7.31. The average Bonchev–Trinajstić information content (AvgIpc) is 2.01. The van der Waals surface area contributed by atoms with Gasteiger partial charge in [0, 0.05) is 0 Å². The maximum absolute atomic E-state index is 11.6.